The van der Waals surface area contributed by atoms with Crippen molar-refractivity contribution in [1.29, 1.82) is 0 Å². The van der Waals surface area contributed by atoms with E-state index < -0.39 is 0 Å². The fourth-order valence-electron chi connectivity index (χ4n) is 1.82. The van der Waals surface area contributed by atoms with Crippen LogP contribution in [0.15, 0.2) is 41.3 Å². The molecular formula is C13H12N4O2. The second kappa shape index (κ2) is 4.56. The molecule has 0 radical (unpaired) electrons. The Bertz CT molecular complexity index is 761. The minimum absolute atomic E-state index is 0.280. The molecule has 19 heavy (non-hydrogen) atoms. The molecule has 3 rings (SSSR count). The lowest BCUT2D eigenvalue weighted by Crippen LogP contribution is -2.29. The third kappa shape index (κ3) is 2.20. The minimum atomic E-state index is -0.363. The molecule has 0 aliphatic heterocycles. The number of aromatic amines is 1. The van der Waals surface area contributed by atoms with Crippen LogP contribution in [0.4, 0.5) is 0 Å². The summed E-state index contributed by atoms with van der Waals surface area (Å²) in [5.41, 5.74) is 1.55. The van der Waals surface area contributed by atoms with Crippen LogP contribution in [0, 0.1) is 6.92 Å². The van der Waals surface area contributed by atoms with Gasteiger partial charge in [0, 0.05) is 0 Å². The van der Waals surface area contributed by atoms with Crippen LogP contribution in [-0.2, 0) is 6.61 Å². The van der Waals surface area contributed by atoms with Gasteiger partial charge in [-0.2, -0.15) is 0 Å². The highest BCUT2D eigenvalue weighted by molar-refractivity contribution is 5.72. The first kappa shape index (κ1) is 11.5. The van der Waals surface area contributed by atoms with Gasteiger partial charge in [-0.3, -0.25) is 4.79 Å². The summed E-state index contributed by atoms with van der Waals surface area (Å²) in [7, 11) is 0. The maximum atomic E-state index is 12.1. The average molecular weight is 256 g/mol. The van der Waals surface area contributed by atoms with Crippen LogP contribution in [0.5, 0.6) is 0 Å². The number of nitrogens with zero attached hydrogens (tertiary/aromatic N) is 3. The van der Waals surface area contributed by atoms with Gasteiger partial charge >= 0.3 is 5.56 Å². The highest BCUT2D eigenvalue weighted by Gasteiger charge is 2.08. The summed E-state index contributed by atoms with van der Waals surface area (Å²) in [6.07, 6.45) is 1.53. The van der Waals surface area contributed by atoms with Gasteiger partial charge in [0.1, 0.15) is 12.4 Å². The average Bonchev–Trinajstić information content (AvgIpc) is 2.81. The van der Waals surface area contributed by atoms with Gasteiger partial charge < -0.3 is 9.82 Å². The fraction of sp³-hybridized carbons (Fsp3) is 0.154. The fourth-order valence-corrected chi connectivity index (χ4v) is 1.82. The zero-order chi connectivity index (χ0) is 13.2. The molecular weight excluding hydrogens is 244 g/mol. The normalized spacial score (nSPS) is 10.8. The topological polar surface area (TPSA) is 72.8 Å². The lowest BCUT2D eigenvalue weighted by Gasteiger charge is -2.05. The van der Waals surface area contributed by atoms with Crippen molar-refractivity contribution in [2.75, 3.05) is 0 Å². The van der Waals surface area contributed by atoms with E-state index >= 15 is 0 Å². The molecule has 0 bridgehead atoms. The van der Waals surface area contributed by atoms with Gasteiger partial charge in [0.2, 0.25) is 0 Å². The molecule has 1 aromatic carbocycles. The number of fused-ring (bicyclic) bond motifs is 1. The molecule has 0 saturated heterocycles. The first-order valence-electron chi connectivity index (χ1n) is 5.86. The summed E-state index contributed by atoms with van der Waals surface area (Å²) >= 11 is 0. The molecule has 6 heteroatoms. The number of hydrogen-bond acceptors (Lipinski definition) is 4. The predicted octanol–water partition coefficient (Wildman–Crippen LogP) is 1.06. The quantitative estimate of drug-likeness (QED) is 0.760. The third-order valence-corrected chi connectivity index (χ3v) is 2.71. The van der Waals surface area contributed by atoms with E-state index in [0.717, 1.165) is 10.4 Å². The van der Waals surface area contributed by atoms with E-state index in [-0.39, 0.29) is 12.2 Å². The van der Waals surface area contributed by atoms with Crippen LogP contribution in [0.2, 0.25) is 0 Å². The summed E-state index contributed by atoms with van der Waals surface area (Å²) in [4.78, 5) is 25.5. The largest absolute Gasteiger partial charge is 0.389 e. The zero-order valence-electron chi connectivity index (χ0n) is 10.3. The summed E-state index contributed by atoms with van der Waals surface area (Å²) in [5.74, 6) is 0.676. The molecule has 96 valence electrons. The summed E-state index contributed by atoms with van der Waals surface area (Å²) < 4.78 is 0. The lowest BCUT2D eigenvalue weighted by molar-refractivity contribution is 0.0607. The molecule has 1 N–H and O–H groups in total. The smallest absolute Gasteiger partial charge is 0.330 e. The van der Waals surface area contributed by atoms with Crippen molar-refractivity contribution in [2.45, 2.75) is 13.5 Å². The predicted molar refractivity (Wildman–Crippen MR) is 69.6 cm³/mol. The molecule has 6 nitrogen and oxygen atoms in total. The van der Waals surface area contributed by atoms with Gasteiger partial charge in [-0.05, 0) is 12.5 Å². The van der Waals surface area contributed by atoms with Crippen LogP contribution in [-0.4, -0.2) is 19.9 Å². The van der Waals surface area contributed by atoms with E-state index in [2.05, 4.69) is 15.1 Å². The molecule has 2 heterocycles. The number of aromatic nitrogens is 4. The van der Waals surface area contributed by atoms with E-state index in [0.29, 0.717) is 16.9 Å². The Hall–Kier alpha value is -2.63. The van der Waals surface area contributed by atoms with Crippen molar-refractivity contribution in [3.05, 3.63) is 58.3 Å². The number of nitrogens with one attached hydrogen (secondary N) is 1. The first-order valence-corrected chi connectivity index (χ1v) is 5.86. The van der Waals surface area contributed by atoms with Gasteiger partial charge in [-0.25, -0.2) is 4.98 Å². The van der Waals surface area contributed by atoms with Crippen LogP contribution in [0.3, 0.4) is 0 Å². The summed E-state index contributed by atoms with van der Waals surface area (Å²) in [6.45, 7) is 2.07. The molecule has 0 saturated carbocycles. The van der Waals surface area contributed by atoms with E-state index in [1.165, 1.54) is 6.20 Å². The zero-order valence-corrected chi connectivity index (χ0v) is 10.3. The van der Waals surface area contributed by atoms with Gasteiger partial charge in [-0.1, -0.05) is 35.2 Å². The van der Waals surface area contributed by atoms with E-state index in [9.17, 15) is 4.79 Å². The highest BCUT2D eigenvalue weighted by atomic mass is 16.7. The van der Waals surface area contributed by atoms with Crippen LogP contribution >= 0.6 is 0 Å². The number of rotatable bonds is 3. The maximum absolute atomic E-state index is 12.1. The van der Waals surface area contributed by atoms with E-state index in [1.807, 2.05) is 30.3 Å². The first-order chi connectivity index (χ1) is 9.24. The summed E-state index contributed by atoms with van der Waals surface area (Å²) in [5, 5.41) is 3.95. The Balaban J connectivity index is 1.89. The summed E-state index contributed by atoms with van der Waals surface area (Å²) in [6, 6.07) is 9.58. The van der Waals surface area contributed by atoms with Crippen molar-refractivity contribution >= 4 is 11.0 Å². The lowest BCUT2D eigenvalue weighted by atomic mass is 10.2. The Labute approximate surface area is 108 Å². The van der Waals surface area contributed by atoms with Gasteiger partial charge in [-0.15, -0.1) is 5.10 Å². The highest BCUT2D eigenvalue weighted by Crippen LogP contribution is 2.03. The molecule has 3 aromatic rings. The van der Waals surface area contributed by atoms with E-state index in [4.69, 9.17) is 4.84 Å². The molecule has 0 aliphatic carbocycles. The van der Waals surface area contributed by atoms with Crippen molar-refractivity contribution < 1.29 is 4.84 Å². The number of H-pyrrole nitrogens is 1. The van der Waals surface area contributed by atoms with Crippen molar-refractivity contribution in [1.82, 2.24) is 19.9 Å². The second-order valence-electron chi connectivity index (χ2n) is 4.17. The Morgan fingerprint density at radius 2 is 2.11 bits per heavy atom. The molecule has 0 amide bonds. The second-order valence-corrected chi connectivity index (χ2v) is 4.17. The molecule has 0 aliphatic rings. The molecule has 2 aromatic heterocycles. The Kier molecular flexibility index (Phi) is 2.75. The van der Waals surface area contributed by atoms with Crippen LogP contribution < -0.4 is 10.4 Å². The maximum Gasteiger partial charge on any atom is 0.330 e. The van der Waals surface area contributed by atoms with Crippen molar-refractivity contribution in [2.24, 2.45) is 0 Å². The molecule has 0 spiro atoms. The Morgan fingerprint density at radius 3 is 2.89 bits per heavy atom. The van der Waals surface area contributed by atoms with Crippen LogP contribution in [0.25, 0.3) is 11.0 Å². The Morgan fingerprint density at radius 1 is 1.32 bits per heavy atom. The molecule has 0 unspecified atom stereocenters. The molecule has 0 atom stereocenters. The standard InChI is InChI=1S/C13H12N4O2/c1-9-15-11-7-14-17(13(18)12(11)16-9)19-8-10-5-3-2-4-6-10/h2-7H,8H2,1H3,(H,15,16). The van der Waals surface area contributed by atoms with Crippen molar-refractivity contribution in [3.63, 3.8) is 0 Å². The minimum Gasteiger partial charge on any atom is -0.389 e. The third-order valence-electron chi connectivity index (χ3n) is 2.71. The SMILES string of the molecule is Cc1nc2c(=O)n(OCc3ccccc3)ncc2[nH]1. The molecule has 0 fully saturated rings. The number of aryl methyl sites for hydroxylation is 1. The van der Waals surface area contributed by atoms with Gasteiger partial charge in [0.15, 0.2) is 5.52 Å². The van der Waals surface area contributed by atoms with Crippen molar-refractivity contribution in [3.8, 4) is 0 Å². The number of imidazole rings is 1. The number of hydrogen-bond donors (Lipinski definition) is 1. The van der Waals surface area contributed by atoms with Crippen LogP contribution in [0.1, 0.15) is 11.4 Å². The number of benzene rings is 1. The van der Waals surface area contributed by atoms with Gasteiger partial charge in [0.05, 0.1) is 11.7 Å². The van der Waals surface area contributed by atoms with Gasteiger partial charge in [0.25, 0.3) is 0 Å². The van der Waals surface area contributed by atoms with E-state index in [1.54, 1.807) is 6.92 Å². The monoisotopic (exact) mass is 256 g/mol.